The summed E-state index contributed by atoms with van der Waals surface area (Å²) in [5, 5.41) is 9.75. The second kappa shape index (κ2) is 8.66. The third kappa shape index (κ3) is 4.08. The fourth-order valence-electron chi connectivity index (χ4n) is 6.69. The van der Waals surface area contributed by atoms with Gasteiger partial charge in [0, 0.05) is 12.6 Å². The molecule has 0 spiro atoms. The van der Waals surface area contributed by atoms with Gasteiger partial charge in [-0.1, -0.05) is 50.6 Å². The lowest BCUT2D eigenvalue weighted by molar-refractivity contribution is -0.199. The van der Waals surface area contributed by atoms with Crippen LogP contribution in [0.3, 0.4) is 0 Å². The van der Waals surface area contributed by atoms with Crippen LogP contribution in [0.5, 0.6) is 0 Å². The Morgan fingerprint density at radius 2 is 2.03 bits per heavy atom. The van der Waals surface area contributed by atoms with Gasteiger partial charge in [-0.2, -0.15) is 0 Å². The molecule has 5 aliphatic rings. The largest absolute Gasteiger partial charge is 0.482 e. The number of piperidine rings is 1. The van der Waals surface area contributed by atoms with Crippen LogP contribution in [0.1, 0.15) is 58.4 Å². The van der Waals surface area contributed by atoms with Crippen LogP contribution >= 0.6 is 0 Å². The average Bonchev–Trinajstić information content (AvgIpc) is 3.16. The van der Waals surface area contributed by atoms with Crippen LogP contribution in [0.2, 0.25) is 0 Å². The molecule has 0 aromatic heterocycles. The predicted octanol–water partition coefficient (Wildman–Crippen LogP) is 3.31. The van der Waals surface area contributed by atoms with Crippen molar-refractivity contribution in [2.75, 3.05) is 13.1 Å². The van der Waals surface area contributed by atoms with E-state index in [-0.39, 0.29) is 23.7 Å². The number of carbonyl (C=O) groups is 1. The van der Waals surface area contributed by atoms with E-state index in [0.717, 1.165) is 19.4 Å². The average molecular weight is 439 g/mol. The third-order valence-electron chi connectivity index (χ3n) is 8.83. The van der Waals surface area contributed by atoms with Gasteiger partial charge in [-0.15, -0.1) is 0 Å². The molecule has 3 saturated carbocycles. The summed E-state index contributed by atoms with van der Waals surface area (Å²) < 4.78 is 13.2. The Hall–Kier alpha value is -1.57. The van der Waals surface area contributed by atoms with Crippen LogP contribution in [-0.4, -0.2) is 49.9 Å². The second-order valence-corrected chi connectivity index (χ2v) is 11.1. The van der Waals surface area contributed by atoms with Crippen LogP contribution in [0, 0.1) is 17.3 Å². The molecule has 1 unspecified atom stereocenters. The van der Waals surface area contributed by atoms with Crippen LogP contribution in [-0.2, 0) is 15.7 Å². The van der Waals surface area contributed by atoms with Crippen LogP contribution in [0.25, 0.3) is 0 Å². The zero-order valence-corrected chi connectivity index (χ0v) is 19.7. The maximum Gasteiger partial charge on any atom is 0.482 e. The van der Waals surface area contributed by atoms with Crippen molar-refractivity contribution in [2.45, 2.75) is 83.0 Å². The predicted molar refractivity (Wildman–Crippen MR) is 126 cm³/mol. The van der Waals surface area contributed by atoms with Gasteiger partial charge < -0.3 is 25.3 Å². The normalized spacial score (nSPS) is 36.0. The van der Waals surface area contributed by atoms with E-state index in [0.29, 0.717) is 36.3 Å². The van der Waals surface area contributed by atoms with E-state index in [1.165, 1.54) is 24.8 Å². The van der Waals surface area contributed by atoms with Crippen molar-refractivity contribution in [2.24, 2.45) is 17.3 Å². The molecule has 3 aliphatic carbocycles. The summed E-state index contributed by atoms with van der Waals surface area (Å²) >= 11 is 0. The highest BCUT2D eigenvalue weighted by Gasteiger charge is 2.68. The molecule has 0 radical (unpaired) electrons. The van der Waals surface area contributed by atoms with Crippen molar-refractivity contribution in [1.82, 2.24) is 16.0 Å². The van der Waals surface area contributed by atoms with Crippen molar-refractivity contribution >= 4 is 13.1 Å². The van der Waals surface area contributed by atoms with E-state index in [1.54, 1.807) is 0 Å². The molecule has 174 valence electrons. The minimum atomic E-state index is -0.432. The number of benzene rings is 1. The SMILES string of the molecule is CC1(C)C2C[C@H]3OB([C@H](Cc4ccccc4)NC(=O)NC[C@@H]4CCCCN4)O[C@@]3(C)[C@H]1C2. The lowest BCUT2D eigenvalue weighted by atomic mass is 9.43. The Kier molecular flexibility index (Phi) is 6.02. The highest BCUT2D eigenvalue weighted by molar-refractivity contribution is 6.48. The van der Waals surface area contributed by atoms with Gasteiger partial charge in [0.2, 0.25) is 0 Å². The molecular formula is C25H38BN3O3. The van der Waals surface area contributed by atoms with Crippen LogP contribution in [0.15, 0.2) is 30.3 Å². The van der Waals surface area contributed by atoms with E-state index >= 15 is 0 Å². The molecule has 1 aromatic rings. The van der Waals surface area contributed by atoms with Gasteiger partial charge in [0.05, 0.1) is 17.6 Å². The van der Waals surface area contributed by atoms with Gasteiger partial charge in [-0.05, 0) is 68.4 Å². The summed E-state index contributed by atoms with van der Waals surface area (Å²) in [6.45, 7) is 8.65. The molecule has 5 fully saturated rings. The van der Waals surface area contributed by atoms with Crippen molar-refractivity contribution in [3.8, 4) is 0 Å². The molecule has 2 bridgehead atoms. The Bertz CT molecular complexity index is 816. The van der Waals surface area contributed by atoms with E-state index in [4.69, 9.17) is 9.31 Å². The number of amides is 2. The Morgan fingerprint density at radius 3 is 2.75 bits per heavy atom. The maximum atomic E-state index is 12.9. The number of rotatable bonds is 6. The lowest BCUT2D eigenvalue weighted by Gasteiger charge is -2.64. The van der Waals surface area contributed by atoms with Crippen LogP contribution in [0.4, 0.5) is 4.79 Å². The summed E-state index contributed by atoms with van der Waals surface area (Å²) in [7, 11) is -0.432. The summed E-state index contributed by atoms with van der Waals surface area (Å²) in [5.41, 5.74) is 1.20. The van der Waals surface area contributed by atoms with E-state index in [2.05, 4.69) is 48.9 Å². The highest BCUT2D eigenvalue weighted by atomic mass is 16.7. The first-order valence-electron chi connectivity index (χ1n) is 12.5. The van der Waals surface area contributed by atoms with Gasteiger partial charge in [0.25, 0.3) is 0 Å². The number of nitrogens with one attached hydrogen (secondary N) is 3. The zero-order chi connectivity index (χ0) is 22.3. The van der Waals surface area contributed by atoms with E-state index in [1.807, 2.05) is 18.2 Å². The van der Waals surface area contributed by atoms with Gasteiger partial charge in [0.1, 0.15) is 0 Å². The minimum Gasteiger partial charge on any atom is -0.404 e. The van der Waals surface area contributed by atoms with Gasteiger partial charge >= 0.3 is 13.1 Å². The van der Waals surface area contributed by atoms with E-state index < -0.39 is 7.12 Å². The molecule has 32 heavy (non-hydrogen) atoms. The molecule has 3 N–H and O–H groups in total. The monoisotopic (exact) mass is 439 g/mol. The van der Waals surface area contributed by atoms with Gasteiger partial charge in [-0.3, -0.25) is 0 Å². The quantitative estimate of drug-likeness (QED) is 0.595. The van der Waals surface area contributed by atoms with Crippen molar-refractivity contribution in [3.05, 3.63) is 35.9 Å². The molecule has 2 aliphatic heterocycles. The Labute approximate surface area is 192 Å². The highest BCUT2D eigenvalue weighted by Crippen LogP contribution is 2.65. The Balaban J connectivity index is 1.27. The Morgan fingerprint density at radius 1 is 1.22 bits per heavy atom. The topological polar surface area (TPSA) is 71.6 Å². The van der Waals surface area contributed by atoms with Crippen molar-refractivity contribution in [3.63, 3.8) is 0 Å². The number of carbonyl (C=O) groups excluding carboxylic acids is 1. The molecule has 6 rings (SSSR count). The second-order valence-electron chi connectivity index (χ2n) is 11.1. The fraction of sp³-hybridized carbons (Fsp3) is 0.720. The van der Waals surface area contributed by atoms with Gasteiger partial charge in [-0.25, -0.2) is 4.79 Å². The van der Waals surface area contributed by atoms with E-state index in [9.17, 15) is 4.79 Å². The number of urea groups is 1. The molecule has 6 atom stereocenters. The molecule has 2 saturated heterocycles. The molecule has 6 nitrogen and oxygen atoms in total. The minimum absolute atomic E-state index is 0.110. The molecule has 2 heterocycles. The first-order valence-corrected chi connectivity index (χ1v) is 12.5. The first kappa shape index (κ1) is 22.2. The third-order valence-corrected chi connectivity index (χ3v) is 8.83. The summed E-state index contributed by atoms with van der Waals surface area (Å²) in [6, 6.07) is 10.5. The van der Waals surface area contributed by atoms with Crippen molar-refractivity contribution in [1.29, 1.82) is 0 Å². The summed E-state index contributed by atoms with van der Waals surface area (Å²) in [5.74, 6) is 0.978. The van der Waals surface area contributed by atoms with Crippen LogP contribution < -0.4 is 16.0 Å². The zero-order valence-electron chi connectivity index (χ0n) is 19.7. The molecular weight excluding hydrogens is 401 g/mol. The first-order chi connectivity index (χ1) is 15.4. The maximum absolute atomic E-state index is 12.9. The lowest BCUT2D eigenvalue weighted by Crippen LogP contribution is -2.65. The molecule has 2 amide bonds. The fourth-order valence-corrected chi connectivity index (χ4v) is 6.69. The summed E-state index contributed by atoms with van der Waals surface area (Å²) in [6.07, 6.45) is 6.62. The summed E-state index contributed by atoms with van der Waals surface area (Å²) in [4.78, 5) is 12.9. The standard InChI is InChI=1S/C25H38BN3O3/c1-24(2)18-14-20(24)25(3)21(15-18)31-26(32-25)22(13-17-9-5-4-6-10-17)29-23(30)28-16-19-11-7-8-12-27-19/h4-6,9-10,18-22,27H,7-8,11-16H2,1-3H3,(H2,28,29,30)/t18?,19-,20-,21+,22-,25-/m0/s1. The smallest absolute Gasteiger partial charge is 0.404 e. The number of hydrogen-bond donors (Lipinski definition) is 3. The number of hydrogen-bond acceptors (Lipinski definition) is 4. The van der Waals surface area contributed by atoms with Crippen molar-refractivity contribution < 1.29 is 14.1 Å². The molecule has 7 heteroatoms. The molecule has 1 aromatic carbocycles. The van der Waals surface area contributed by atoms with Gasteiger partial charge in [0.15, 0.2) is 0 Å².